The van der Waals surface area contributed by atoms with Crippen molar-refractivity contribution >= 4 is 15.9 Å². The normalized spacial score (nSPS) is 14.1. The molecule has 8 heteroatoms. The van der Waals surface area contributed by atoms with Crippen molar-refractivity contribution in [2.45, 2.75) is 4.90 Å². The van der Waals surface area contributed by atoms with Gasteiger partial charge in [-0.1, -0.05) is 0 Å². The van der Waals surface area contributed by atoms with Crippen LogP contribution in [0.15, 0.2) is 23.1 Å². The summed E-state index contributed by atoms with van der Waals surface area (Å²) >= 11 is 0. The lowest BCUT2D eigenvalue weighted by Gasteiger charge is -2.21. The highest BCUT2D eigenvalue weighted by atomic mass is 32.2. The van der Waals surface area contributed by atoms with E-state index in [0.717, 1.165) is 4.31 Å². The number of carbonyl (C=O) groups excluding carboxylic acids is 1. The van der Waals surface area contributed by atoms with Crippen LogP contribution in [0.3, 0.4) is 0 Å². The second-order valence-electron chi connectivity index (χ2n) is 4.85. The molecule has 0 atom stereocenters. The molecule has 0 fully saturated rings. The fourth-order valence-corrected chi connectivity index (χ4v) is 2.92. The molecule has 21 heavy (non-hydrogen) atoms. The molecule has 0 spiro atoms. The van der Waals surface area contributed by atoms with Crippen LogP contribution in [0.25, 0.3) is 0 Å². The van der Waals surface area contributed by atoms with Gasteiger partial charge < -0.3 is 14.4 Å². The van der Waals surface area contributed by atoms with Gasteiger partial charge in [-0.15, -0.1) is 0 Å². The summed E-state index contributed by atoms with van der Waals surface area (Å²) in [6.45, 7) is 0.603. The first kappa shape index (κ1) is 15.6. The van der Waals surface area contributed by atoms with Crippen molar-refractivity contribution in [2.24, 2.45) is 0 Å². The number of hydrogen-bond donors (Lipinski definition) is 0. The van der Waals surface area contributed by atoms with Gasteiger partial charge in [-0.25, -0.2) is 8.42 Å². The minimum absolute atomic E-state index is 0.0702. The molecule has 1 aromatic carbocycles. The van der Waals surface area contributed by atoms with Crippen LogP contribution in [-0.2, 0) is 14.8 Å². The largest absolute Gasteiger partial charge is 0.486 e. The van der Waals surface area contributed by atoms with Gasteiger partial charge in [0.2, 0.25) is 15.9 Å². The summed E-state index contributed by atoms with van der Waals surface area (Å²) < 4.78 is 36.6. The third kappa shape index (κ3) is 3.27. The summed E-state index contributed by atoms with van der Waals surface area (Å²) in [6, 6.07) is 4.42. The molecular weight excluding hydrogens is 296 g/mol. The molecule has 7 nitrogen and oxygen atoms in total. The molecule has 1 aliphatic rings. The highest BCUT2D eigenvalue weighted by Crippen LogP contribution is 2.32. The Morgan fingerprint density at radius 2 is 1.76 bits per heavy atom. The fourth-order valence-electron chi connectivity index (χ4n) is 1.78. The van der Waals surface area contributed by atoms with Gasteiger partial charge in [0, 0.05) is 27.2 Å². The number of ether oxygens (including phenoxy) is 2. The Morgan fingerprint density at radius 1 is 1.14 bits per heavy atom. The Kier molecular flexibility index (Phi) is 4.38. The molecule has 0 saturated carbocycles. The monoisotopic (exact) mass is 314 g/mol. The maximum Gasteiger partial charge on any atom is 0.243 e. The van der Waals surface area contributed by atoms with Gasteiger partial charge >= 0.3 is 0 Å². The van der Waals surface area contributed by atoms with Crippen molar-refractivity contribution in [3.05, 3.63) is 18.2 Å². The van der Waals surface area contributed by atoms with E-state index >= 15 is 0 Å². The summed E-state index contributed by atoms with van der Waals surface area (Å²) in [4.78, 5) is 13.1. The lowest BCUT2D eigenvalue weighted by molar-refractivity contribution is -0.128. The molecule has 1 aliphatic heterocycles. The third-order valence-corrected chi connectivity index (χ3v) is 4.88. The van der Waals surface area contributed by atoms with Crippen molar-refractivity contribution in [1.29, 1.82) is 0 Å². The average Bonchev–Trinajstić information content (AvgIpc) is 2.46. The first-order valence-electron chi connectivity index (χ1n) is 6.38. The standard InChI is InChI=1S/C13H18N2O5S/c1-14(2)13(16)9-15(3)21(17,18)10-4-5-11-12(8-10)20-7-6-19-11/h4-5,8H,6-7,9H2,1-3H3. The van der Waals surface area contributed by atoms with E-state index < -0.39 is 10.0 Å². The lowest BCUT2D eigenvalue weighted by Crippen LogP contribution is -2.37. The van der Waals surface area contributed by atoms with Crippen LogP contribution in [-0.4, -0.2) is 64.4 Å². The molecule has 0 N–H and O–H groups in total. The lowest BCUT2D eigenvalue weighted by atomic mass is 10.3. The second-order valence-corrected chi connectivity index (χ2v) is 6.90. The van der Waals surface area contributed by atoms with Gasteiger partial charge in [-0.3, -0.25) is 4.79 Å². The molecule has 2 rings (SSSR count). The molecule has 0 unspecified atom stereocenters. The Bertz CT molecular complexity index is 642. The van der Waals surface area contributed by atoms with Gasteiger partial charge in [0.1, 0.15) is 13.2 Å². The number of rotatable bonds is 4. The van der Waals surface area contributed by atoms with Crippen LogP contribution in [0.4, 0.5) is 0 Å². The van der Waals surface area contributed by atoms with Gasteiger partial charge in [0.15, 0.2) is 11.5 Å². The van der Waals surface area contributed by atoms with Crippen LogP contribution >= 0.6 is 0 Å². The summed E-state index contributed by atoms with van der Waals surface area (Å²) in [5.41, 5.74) is 0. The van der Waals surface area contributed by atoms with Gasteiger partial charge in [0.05, 0.1) is 11.4 Å². The number of carbonyl (C=O) groups is 1. The number of fused-ring (bicyclic) bond motifs is 1. The number of sulfonamides is 1. The zero-order valence-corrected chi connectivity index (χ0v) is 13.0. The third-order valence-electron chi connectivity index (χ3n) is 3.08. The summed E-state index contributed by atoms with van der Waals surface area (Å²) in [7, 11) is 0.770. The van der Waals surface area contributed by atoms with Crippen LogP contribution in [0, 0.1) is 0 Å². The predicted octanol–water partition coefficient (Wildman–Crippen LogP) is 0.167. The van der Waals surface area contributed by atoms with E-state index in [1.54, 1.807) is 20.2 Å². The zero-order valence-electron chi connectivity index (χ0n) is 12.2. The van der Waals surface area contributed by atoms with E-state index in [1.807, 2.05) is 0 Å². The van der Waals surface area contributed by atoms with Gasteiger partial charge in [-0.05, 0) is 12.1 Å². The molecule has 0 radical (unpaired) electrons. The fraction of sp³-hybridized carbons (Fsp3) is 0.462. The first-order chi connectivity index (χ1) is 9.82. The number of benzene rings is 1. The maximum absolute atomic E-state index is 12.4. The van der Waals surface area contributed by atoms with E-state index in [2.05, 4.69) is 0 Å². The van der Waals surface area contributed by atoms with Crippen LogP contribution < -0.4 is 9.47 Å². The number of hydrogen-bond acceptors (Lipinski definition) is 5. The van der Waals surface area contributed by atoms with E-state index in [4.69, 9.17) is 9.47 Å². The van der Waals surface area contributed by atoms with Gasteiger partial charge in [0.25, 0.3) is 0 Å². The summed E-state index contributed by atoms with van der Waals surface area (Å²) in [6.07, 6.45) is 0. The number of likely N-dealkylation sites (N-methyl/N-ethyl adjacent to an activating group) is 2. The first-order valence-corrected chi connectivity index (χ1v) is 7.82. The molecule has 1 aromatic rings. The number of nitrogens with zero attached hydrogens (tertiary/aromatic N) is 2. The van der Waals surface area contributed by atoms with Crippen molar-refractivity contribution in [2.75, 3.05) is 40.9 Å². The molecule has 0 aliphatic carbocycles. The van der Waals surface area contributed by atoms with Crippen molar-refractivity contribution in [3.8, 4) is 11.5 Å². The highest BCUT2D eigenvalue weighted by Gasteiger charge is 2.25. The molecule has 0 saturated heterocycles. The average molecular weight is 314 g/mol. The highest BCUT2D eigenvalue weighted by molar-refractivity contribution is 7.89. The van der Waals surface area contributed by atoms with Crippen molar-refractivity contribution in [1.82, 2.24) is 9.21 Å². The van der Waals surface area contributed by atoms with Crippen LogP contribution in [0.5, 0.6) is 11.5 Å². The molecule has 1 heterocycles. The molecule has 0 aromatic heterocycles. The van der Waals surface area contributed by atoms with Crippen LogP contribution in [0.1, 0.15) is 0 Å². The predicted molar refractivity (Wildman–Crippen MR) is 75.9 cm³/mol. The molecular formula is C13H18N2O5S. The second kappa shape index (κ2) is 5.90. The van der Waals surface area contributed by atoms with Gasteiger partial charge in [-0.2, -0.15) is 4.31 Å². The van der Waals surface area contributed by atoms with E-state index in [1.165, 1.54) is 24.1 Å². The Morgan fingerprint density at radius 3 is 2.38 bits per heavy atom. The minimum Gasteiger partial charge on any atom is -0.486 e. The SMILES string of the molecule is CN(C)C(=O)CN(C)S(=O)(=O)c1ccc2c(c1)OCCO2. The Labute approximate surface area is 124 Å². The zero-order chi connectivity index (χ0) is 15.6. The molecule has 1 amide bonds. The summed E-state index contributed by atoms with van der Waals surface area (Å²) in [5.74, 6) is 0.625. The van der Waals surface area contributed by atoms with Crippen molar-refractivity contribution < 1.29 is 22.7 Å². The van der Waals surface area contributed by atoms with E-state index in [0.29, 0.717) is 24.7 Å². The number of amides is 1. The Balaban J connectivity index is 2.25. The summed E-state index contributed by atoms with van der Waals surface area (Å²) in [5, 5.41) is 0. The smallest absolute Gasteiger partial charge is 0.243 e. The van der Waals surface area contributed by atoms with Crippen LogP contribution in [0.2, 0.25) is 0 Å². The maximum atomic E-state index is 12.4. The van der Waals surface area contributed by atoms with E-state index in [9.17, 15) is 13.2 Å². The van der Waals surface area contributed by atoms with E-state index in [-0.39, 0.29) is 17.3 Å². The van der Waals surface area contributed by atoms with Crippen molar-refractivity contribution in [3.63, 3.8) is 0 Å². The quantitative estimate of drug-likeness (QED) is 0.792. The molecule has 0 bridgehead atoms. The Hall–Kier alpha value is -1.80. The molecule has 116 valence electrons. The topological polar surface area (TPSA) is 76.2 Å². The minimum atomic E-state index is -3.75.